The third kappa shape index (κ3) is 2.98. The predicted octanol–water partition coefficient (Wildman–Crippen LogP) is 5.67. The summed E-state index contributed by atoms with van der Waals surface area (Å²) < 4.78 is 39.1. The van der Waals surface area contributed by atoms with Gasteiger partial charge in [-0.15, -0.1) is 11.6 Å². The zero-order valence-corrected chi connectivity index (χ0v) is 11.7. The summed E-state index contributed by atoms with van der Waals surface area (Å²) in [6.07, 6.45) is -4.02. The van der Waals surface area contributed by atoms with E-state index in [1.807, 2.05) is 30.3 Å². The number of rotatable bonds is 3. The van der Waals surface area contributed by atoms with E-state index in [2.05, 4.69) is 0 Å². The van der Waals surface area contributed by atoms with Gasteiger partial charge in [0.15, 0.2) is 0 Å². The second-order valence-electron chi connectivity index (χ2n) is 4.52. The Morgan fingerprint density at radius 2 is 1.65 bits per heavy atom. The third-order valence-corrected chi connectivity index (χ3v) is 3.53. The van der Waals surface area contributed by atoms with Gasteiger partial charge in [0.05, 0.1) is 5.56 Å². The van der Waals surface area contributed by atoms with Crippen molar-refractivity contribution in [3.8, 4) is 11.1 Å². The van der Waals surface area contributed by atoms with E-state index >= 15 is 0 Å². The van der Waals surface area contributed by atoms with Gasteiger partial charge >= 0.3 is 6.18 Å². The van der Waals surface area contributed by atoms with E-state index in [9.17, 15) is 13.2 Å². The third-order valence-electron chi connectivity index (χ3n) is 3.24. The maximum atomic E-state index is 13.0. The fraction of sp³-hybridized carbons (Fsp3) is 0.250. The predicted molar refractivity (Wildman–Crippen MR) is 75.8 cm³/mol. The number of hydrogen-bond donors (Lipinski definition) is 0. The van der Waals surface area contributed by atoms with Crippen LogP contribution in [0.25, 0.3) is 11.1 Å². The molecule has 2 aromatic rings. The molecule has 0 aliphatic heterocycles. The molecule has 0 fully saturated rings. The van der Waals surface area contributed by atoms with E-state index in [4.69, 9.17) is 11.6 Å². The molecule has 0 saturated carbocycles. The topological polar surface area (TPSA) is 0 Å². The summed E-state index contributed by atoms with van der Waals surface area (Å²) in [5.74, 6) is 0.0529. The second-order valence-corrected chi connectivity index (χ2v) is 4.78. The second kappa shape index (κ2) is 5.88. The van der Waals surface area contributed by atoms with Gasteiger partial charge in [-0.3, -0.25) is 0 Å². The Kier molecular flexibility index (Phi) is 4.39. The first kappa shape index (κ1) is 14.9. The molecule has 0 amide bonds. The van der Waals surface area contributed by atoms with Crippen molar-refractivity contribution < 1.29 is 13.2 Å². The summed E-state index contributed by atoms with van der Waals surface area (Å²) in [6.45, 7) is 1.72. The molecular formula is C16H14ClF3. The smallest absolute Gasteiger partial charge is 0.166 e. The molecule has 0 atom stereocenters. The number of aryl methyl sites for hydroxylation is 1. The summed E-state index contributed by atoms with van der Waals surface area (Å²) in [6, 6.07) is 12.1. The Morgan fingerprint density at radius 1 is 1.00 bits per heavy atom. The molecule has 0 aromatic heterocycles. The summed E-state index contributed by atoms with van der Waals surface area (Å²) in [4.78, 5) is 0. The van der Waals surface area contributed by atoms with Crippen molar-refractivity contribution in [3.63, 3.8) is 0 Å². The minimum atomic E-state index is -4.35. The summed E-state index contributed by atoms with van der Waals surface area (Å²) >= 11 is 5.83. The molecule has 0 nitrogen and oxygen atoms in total. The quantitative estimate of drug-likeness (QED) is 0.640. The van der Waals surface area contributed by atoms with E-state index in [-0.39, 0.29) is 5.88 Å². The molecule has 2 rings (SSSR count). The molecule has 0 radical (unpaired) electrons. The summed E-state index contributed by atoms with van der Waals surface area (Å²) in [5.41, 5.74) is 1.86. The highest BCUT2D eigenvalue weighted by molar-refractivity contribution is 6.17. The molecule has 0 aliphatic rings. The minimum Gasteiger partial charge on any atom is -0.166 e. The van der Waals surface area contributed by atoms with Gasteiger partial charge < -0.3 is 0 Å². The lowest BCUT2D eigenvalue weighted by Gasteiger charge is -2.17. The van der Waals surface area contributed by atoms with Crippen LogP contribution in [0.5, 0.6) is 0 Å². The molecule has 0 N–H and O–H groups in total. The van der Waals surface area contributed by atoms with Gasteiger partial charge in [0.2, 0.25) is 0 Å². The van der Waals surface area contributed by atoms with Crippen LogP contribution in [0, 0.1) is 0 Å². The first-order valence-corrected chi connectivity index (χ1v) is 6.85. The fourth-order valence-corrected chi connectivity index (χ4v) is 2.46. The van der Waals surface area contributed by atoms with Crippen molar-refractivity contribution in [3.05, 3.63) is 59.2 Å². The molecule has 0 spiro atoms. The first-order valence-electron chi connectivity index (χ1n) is 6.31. The molecular weight excluding hydrogens is 285 g/mol. The number of alkyl halides is 4. The van der Waals surface area contributed by atoms with Crippen LogP contribution in [0.2, 0.25) is 0 Å². The van der Waals surface area contributed by atoms with Crippen LogP contribution in [-0.4, -0.2) is 0 Å². The fourth-order valence-electron chi connectivity index (χ4n) is 2.24. The SMILES string of the molecule is CCc1cc(-c2ccccc2)c(CCl)cc1C(F)(F)F. The zero-order valence-electron chi connectivity index (χ0n) is 11.0. The summed E-state index contributed by atoms with van der Waals surface area (Å²) in [5, 5.41) is 0. The van der Waals surface area contributed by atoms with E-state index in [1.165, 1.54) is 6.07 Å². The molecule has 20 heavy (non-hydrogen) atoms. The standard InChI is InChI=1S/C16H14ClF3/c1-2-11-8-14(12-6-4-3-5-7-12)13(10-17)9-15(11)16(18,19)20/h3-9H,2,10H2,1H3. The Morgan fingerprint density at radius 3 is 2.15 bits per heavy atom. The van der Waals surface area contributed by atoms with E-state index in [0.717, 1.165) is 11.1 Å². The Labute approximate surface area is 121 Å². The van der Waals surface area contributed by atoms with Crippen LogP contribution in [0.3, 0.4) is 0 Å². The maximum absolute atomic E-state index is 13.0. The Bertz CT molecular complexity index is 589. The van der Waals surface area contributed by atoms with Crippen molar-refractivity contribution in [1.29, 1.82) is 0 Å². The van der Waals surface area contributed by atoms with Crippen LogP contribution in [-0.2, 0) is 18.5 Å². The summed E-state index contributed by atoms with van der Waals surface area (Å²) in [7, 11) is 0. The average Bonchev–Trinajstić information content (AvgIpc) is 2.45. The molecule has 4 heteroatoms. The molecule has 0 saturated heterocycles. The van der Waals surface area contributed by atoms with Gasteiger partial charge in [0.25, 0.3) is 0 Å². The lowest BCUT2D eigenvalue weighted by atomic mass is 9.93. The number of benzene rings is 2. The van der Waals surface area contributed by atoms with E-state index < -0.39 is 11.7 Å². The molecule has 0 unspecified atom stereocenters. The maximum Gasteiger partial charge on any atom is 0.416 e. The van der Waals surface area contributed by atoms with Crippen molar-refractivity contribution in [2.45, 2.75) is 25.4 Å². The lowest BCUT2D eigenvalue weighted by molar-refractivity contribution is -0.138. The molecule has 0 heterocycles. The largest absolute Gasteiger partial charge is 0.416 e. The van der Waals surface area contributed by atoms with Crippen LogP contribution in [0.4, 0.5) is 13.2 Å². The van der Waals surface area contributed by atoms with Crippen molar-refractivity contribution >= 4 is 11.6 Å². The molecule has 0 aliphatic carbocycles. The van der Waals surface area contributed by atoms with Gasteiger partial charge in [-0.25, -0.2) is 0 Å². The normalized spacial score (nSPS) is 11.7. The highest BCUT2D eigenvalue weighted by atomic mass is 35.5. The van der Waals surface area contributed by atoms with Crippen molar-refractivity contribution in [2.75, 3.05) is 0 Å². The van der Waals surface area contributed by atoms with Crippen LogP contribution >= 0.6 is 11.6 Å². The average molecular weight is 299 g/mol. The van der Waals surface area contributed by atoms with Crippen LogP contribution < -0.4 is 0 Å². The highest BCUT2D eigenvalue weighted by Crippen LogP contribution is 2.37. The van der Waals surface area contributed by atoms with Gasteiger partial charge in [0, 0.05) is 5.88 Å². The lowest BCUT2D eigenvalue weighted by Crippen LogP contribution is -2.10. The molecule has 2 aromatic carbocycles. The van der Waals surface area contributed by atoms with Crippen molar-refractivity contribution in [1.82, 2.24) is 0 Å². The Hall–Kier alpha value is -1.48. The first-order chi connectivity index (χ1) is 9.47. The highest BCUT2D eigenvalue weighted by Gasteiger charge is 2.33. The van der Waals surface area contributed by atoms with Gasteiger partial charge in [-0.1, -0.05) is 43.3 Å². The monoisotopic (exact) mass is 298 g/mol. The number of hydrogen-bond acceptors (Lipinski definition) is 0. The van der Waals surface area contributed by atoms with Crippen molar-refractivity contribution in [2.24, 2.45) is 0 Å². The van der Waals surface area contributed by atoms with E-state index in [0.29, 0.717) is 17.5 Å². The molecule has 0 bridgehead atoms. The van der Waals surface area contributed by atoms with Crippen LogP contribution in [0.1, 0.15) is 23.6 Å². The molecule has 106 valence electrons. The van der Waals surface area contributed by atoms with Gasteiger partial charge in [-0.05, 0) is 34.7 Å². The van der Waals surface area contributed by atoms with E-state index in [1.54, 1.807) is 13.0 Å². The minimum absolute atomic E-state index is 0.0529. The van der Waals surface area contributed by atoms with Crippen LogP contribution in [0.15, 0.2) is 42.5 Å². The zero-order chi connectivity index (χ0) is 14.8. The number of halogens is 4. The Balaban J connectivity index is 2.65. The van der Waals surface area contributed by atoms with Gasteiger partial charge in [0.1, 0.15) is 0 Å². The van der Waals surface area contributed by atoms with Gasteiger partial charge in [-0.2, -0.15) is 13.2 Å².